The third kappa shape index (κ3) is 6.07. The fourth-order valence-corrected chi connectivity index (χ4v) is 3.61. The molecule has 1 N–H and O–H groups in total. The van der Waals surface area contributed by atoms with E-state index in [1.54, 1.807) is 24.2 Å². The van der Waals surface area contributed by atoms with Crippen molar-refractivity contribution in [2.24, 2.45) is 0 Å². The zero-order valence-corrected chi connectivity index (χ0v) is 17.4. The van der Waals surface area contributed by atoms with Crippen LogP contribution in [0.25, 0.3) is 0 Å². The first-order chi connectivity index (χ1) is 13.5. The van der Waals surface area contributed by atoms with Gasteiger partial charge in [0.25, 0.3) is 5.56 Å². The maximum atomic E-state index is 12.3. The molecule has 7 heteroatoms. The zero-order chi connectivity index (χ0) is 19.9. The van der Waals surface area contributed by atoms with E-state index < -0.39 is 0 Å². The van der Waals surface area contributed by atoms with Gasteiger partial charge >= 0.3 is 0 Å². The van der Waals surface area contributed by atoms with Crippen molar-refractivity contribution in [1.29, 1.82) is 0 Å². The summed E-state index contributed by atoms with van der Waals surface area (Å²) in [5, 5.41) is 0. The summed E-state index contributed by atoms with van der Waals surface area (Å²) in [5.41, 5.74) is 2.56. The molecule has 0 aliphatic heterocycles. The van der Waals surface area contributed by atoms with Crippen LogP contribution in [-0.4, -0.2) is 39.7 Å². The molecule has 0 radical (unpaired) electrons. The Bertz CT molecular complexity index is 948. The molecule has 0 amide bonds. The summed E-state index contributed by atoms with van der Waals surface area (Å²) < 4.78 is 5.80. The van der Waals surface area contributed by atoms with Crippen molar-refractivity contribution in [3.05, 3.63) is 81.2 Å². The predicted octanol–water partition coefficient (Wildman–Crippen LogP) is 3.19. The molecule has 3 aromatic rings. The fourth-order valence-electron chi connectivity index (χ4n) is 2.77. The van der Waals surface area contributed by atoms with Crippen molar-refractivity contribution < 1.29 is 4.42 Å². The van der Waals surface area contributed by atoms with Crippen LogP contribution in [0, 0.1) is 6.92 Å². The van der Waals surface area contributed by atoms with Gasteiger partial charge in [-0.1, -0.05) is 6.07 Å². The van der Waals surface area contributed by atoms with Crippen LogP contribution in [0.3, 0.4) is 0 Å². The molecule has 0 bridgehead atoms. The third-order valence-electron chi connectivity index (χ3n) is 4.21. The summed E-state index contributed by atoms with van der Waals surface area (Å²) in [6.45, 7) is 2.75. The molecule has 3 aromatic heterocycles. The lowest BCUT2D eigenvalue weighted by atomic mass is 10.1. The molecular weight excluding hydrogens is 372 g/mol. The number of aryl methyl sites for hydroxylation is 2. The van der Waals surface area contributed by atoms with Gasteiger partial charge in [-0.25, -0.2) is 4.98 Å². The van der Waals surface area contributed by atoms with Gasteiger partial charge in [0.15, 0.2) is 0 Å². The van der Waals surface area contributed by atoms with Gasteiger partial charge in [-0.3, -0.25) is 9.78 Å². The Hall–Kier alpha value is -2.38. The molecule has 0 aromatic carbocycles. The second kappa shape index (κ2) is 9.71. The molecule has 148 valence electrons. The average molecular weight is 399 g/mol. The zero-order valence-electron chi connectivity index (χ0n) is 16.6. The second-order valence-electron chi connectivity index (χ2n) is 7.08. The van der Waals surface area contributed by atoms with Crippen LogP contribution >= 0.6 is 11.8 Å². The van der Waals surface area contributed by atoms with Gasteiger partial charge in [0, 0.05) is 42.2 Å². The van der Waals surface area contributed by atoms with Crippen LogP contribution in [0.1, 0.15) is 34.2 Å². The number of thioether (sulfide) groups is 1. The normalized spacial score (nSPS) is 11.3. The second-order valence-corrected chi connectivity index (χ2v) is 8.18. The maximum absolute atomic E-state index is 12.3. The lowest BCUT2D eigenvalue weighted by Crippen LogP contribution is -2.17. The molecule has 0 aliphatic carbocycles. The Morgan fingerprint density at radius 1 is 1.11 bits per heavy atom. The summed E-state index contributed by atoms with van der Waals surface area (Å²) in [7, 11) is 4.04. The van der Waals surface area contributed by atoms with Gasteiger partial charge in [-0.05, 0) is 44.8 Å². The molecule has 0 saturated heterocycles. The Morgan fingerprint density at radius 2 is 1.93 bits per heavy atom. The quantitative estimate of drug-likeness (QED) is 0.558. The molecule has 0 aliphatic rings. The number of aromatic nitrogens is 3. The minimum absolute atomic E-state index is 0.0741. The molecule has 0 atom stereocenters. The van der Waals surface area contributed by atoms with Crippen molar-refractivity contribution in [3.63, 3.8) is 0 Å². The molecule has 28 heavy (non-hydrogen) atoms. The molecule has 6 nitrogen and oxygen atoms in total. The minimum atomic E-state index is -0.0741. The molecule has 3 heterocycles. The fraction of sp³-hybridized carbons (Fsp3) is 0.381. The molecule has 0 unspecified atom stereocenters. The summed E-state index contributed by atoms with van der Waals surface area (Å²) in [5.74, 6) is 4.36. The number of nitrogens with one attached hydrogen (secondary N) is 1. The topological polar surface area (TPSA) is 75.0 Å². The summed E-state index contributed by atoms with van der Waals surface area (Å²) in [6, 6.07) is 7.99. The maximum Gasteiger partial charge on any atom is 0.254 e. The highest BCUT2D eigenvalue weighted by atomic mass is 32.2. The van der Waals surface area contributed by atoms with E-state index in [0.717, 1.165) is 53.1 Å². The van der Waals surface area contributed by atoms with Crippen LogP contribution in [0.4, 0.5) is 0 Å². The van der Waals surface area contributed by atoms with Crippen LogP contribution in [-0.2, 0) is 25.1 Å². The van der Waals surface area contributed by atoms with E-state index in [1.807, 2.05) is 45.3 Å². The van der Waals surface area contributed by atoms with Crippen molar-refractivity contribution in [2.75, 3.05) is 19.8 Å². The van der Waals surface area contributed by atoms with Gasteiger partial charge < -0.3 is 14.3 Å². The summed E-state index contributed by atoms with van der Waals surface area (Å²) >= 11 is 1.77. The first-order valence-electron chi connectivity index (χ1n) is 9.28. The molecule has 0 spiro atoms. The summed E-state index contributed by atoms with van der Waals surface area (Å²) in [4.78, 5) is 26.0. The van der Waals surface area contributed by atoms with Crippen molar-refractivity contribution in [1.82, 2.24) is 19.9 Å². The highest BCUT2D eigenvalue weighted by Gasteiger charge is 2.06. The number of aromatic amines is 1. The van der Waals surface area contributed by atoms with Crippen LogP contribution in [0.5, 0.6) is 0 Å². The van der Waals surface area contributed by atoms with Gasteiger partial charge in [-0.2, -0.15) is 11.8 Å². The number of nitrogens with zero attached hydrogens (tertiary/aromatic N) is 3. The van der Waals surface area contributed by atoms with E-state index in [2.05, 4.69) is 19.9 Å². The third-order valence-corrected chi connectivity index (χ3v) is 5.19. The number of hydrogen-bond acceptors (Lipinski definition) is 6. The van der Waals surface area contributed by atoms with E-state index in [9.17, 15) is 4.79 Å². The summed E-state index contributed by atoms with van der Waals surface area (Å²) in [6.07, 6.45) is 4.74. The van der Waals surface area contributed by atoms with Crippen molar-refractivity contribution >= 4 is 11.8 Å². The largest absolute Gasteiger partial charge is 0.464 e. The highest BCUT2D eigenvalue weighted by molar-refractivity contribution is 7.98. The molecule has 0 saturated carbocycles. The predicted molar refractivity (Wildman–Crippen MR) is 113 cm³/mol. The number of pyridine rings is 1. The number of H-pyrrole nitrogens is 1. The Morgan fingerprint density at radius 3 is 2.64 bits per heavy atom. The minimum Gasteiger partial charge on any atom is -0.464 e. The van der Waals surface area contributed by atoms with E-state index in [0.29, 0.717) is 12.0 Å². The first kappa shape index (κ1) is 20.4. The number of hydrogen-bond donors (Lipinski definition) is 1. The van der Waals surface area contributed by atoms with E-state index in [1.165, 1.54) is 0 Å². The SMILES string of the molecule is Cc1ccc(Cc2cnc(CCSCc3ccc(CN(C)C)o3)[nH]c2=O)cn1. The Balaban J connectivity index is 1.47. The van der Waals surface area contributed by atoms with Gasteiger partial charge in [0.1, 0.15) is 17.3 Å². The standard InChI is InChI=1S/C21H26N4O2S/c1-15-4-5-16(11-22-15)10-17-12-23-20(24-21(17)26)8-9-28-14-19-7-6-18(27-19)13-25(2)3/h4-7,11-12H,8-10,13-14H2,1-3H3,(H,23,24,26). The van der Waals surface area contributed by atoms with Gasteiger partial charge in [0.05, 0.1) is 12.3 Å². The van der Waals surface area contributed by atoms with E-state index >= 15 is 0 Å². The lowest BCUT2D eigenvalue weighted by molar-refractivity contribution is 0.344. The number of furan rings is 1. The molecule has 0 fully saturated rings. The van der Waals surface area contributed by atoms with Gasteiger partial charge in [-0.15, -0.1) is 0 Å². The lowest BCUT2D eigenvalue weighted by Gasteiger charge is -2.06. The van der Waals surface area contributed by atoms with Crippen molar-refractivity contribution in [3.8, 4) is 0 Å². The average Bonchev–Trinajstić information content (AvgIpc) is 3.09. The monoisotopic (exact) mass is 398 g/mol. The Labute approximate surface area is 169 Å². The van der Waals surface area contributed by atoms with Crippen molar-refractivity contribution in [2.45, 2.75) is 32.1 Å². The highest BCUT2D eigenvalue weighted by Crippen LogP contribution is 2.17. The van der Waals surface area contributed by atoms with E-state index in [4.69, 9.17) is 4.42 Å². The van der Waals surface area contributed by atoms with E-state index in [-0.39, 0.29) is 5.56 Å². The van der Waals surface area contributed by atoms with Crippen LogP contribution < -0.4 is 5.56 Å². The van der Waals surface area contributed by atoms with Crippen LogP contribution in [0.15, 0.2) is 45.9 Å². The molecular formula is C21H26N4O2S. The molecule has 3 rings (SSSR count). The first-order valence-corrected chi connectivity index (χ1v) is 10.4. The Kier molecular flexibility index (Phi) is 7.06. The smallest absolute Gasteiger partial charge is 0.254 e. The number of rotatable bonds is 9. The van der Waals surface area contributed by atoms with Crippen LogP contribution in [0.2, 0.25) is 0 Å². The van der Waals surface area contributed by atoms with Gasteiger partial charge in [0.2, 0.25) is 0 Å².